The van der Waals surface area contributed by atoms with Gasteiger partial charge in [-0.3, -0.25) is 9.79 Å². The summed E-state index contributed by atoms with van der Waals surface area (Å²) in [6, 6.07) is 0.552. The first kappa shape index (κ1) is 16.1. The van der Waals surface area contributed by atoms with Crippen LogP contribution in [0.3, 0.4) is 0 Å². The van der Waals surface area contributed by atoms with Crippen molar-refractivity contribution in [3.63, 3.8) is 0 Å². The first-order valence-corrected chi connectivity index (χ1v) is 8.09. The van der Waals surface area contributed by atoms with Crippen LogP contribution < -0.4 is 5.32 Å². The average molecular weight is 295 g/mol. The molecule has 1 heterocycles. The van der Waals surface area contributed by atoms with Crippen molar-refractivity contribution in [1.29, 1.82) is 0 Å². The van der Waals surface area contributed by atoms with E-state index in [1.807, 2.05) is 27.7 Å². The zero-order valence-corrected chi connectivity index (χ0v) is 14.0. The maximum absolute atomic E-state index is 12.2. The lowest BCUT2D eigenvalue weighted by Gasteiger charge is -2.24. The molecule has 2 aliphatic rings. The summed E-state index contributed by atoms with van der Waals surface area (Å²) in [7, 11) is 0. The Bertz CT molecular complexity index is 414. The average Bonchev–Trinajstić information content (AvgIpc) is 2.89. The maximum Gasteiger partial charge on any atom is 0.311 e. The number of carbonyl (C=O) groups excluding carboxylic acids is 1. The molecule has 0 aromatic rings. The fourth-order valence-corrected chi connectivity index (χ4v) is 2.61. The highest BCUT2D eigenvalue weighted by atomic mass is 16.6. The van der Waals surface area contributed by atoms with Crippen LogP contribution in [0.2, 0.25) is 0 Å². The molecule has 5 heteroatoms. The number of esters is 1. The number of guanidine groups is 1. The Morgan fingerprint density at radius 1 is 1.43 bits per heavy atom. The number of rotatable bonds is 3. The van der Waals surface area contributed by atoms with E-state index in [4.69, 9.17) is 4.74 Å². The topological polar surface area (TPSA) is 53.9 Å². The third-order valence-corrected chi connectivity index (χ3v) is 3.96. The standard InChI is InChI=1S/C16H29N3O2/c1-6-17-15(18-13-9-11(13)2)19-8-7-12(10-19)14(20)21-16(3,4)5/h11-13H,6-10H2,1-5H3,(H,17,18). The van der Waals surface area contributed by atoms with Crippen molar-refractivity contribution >= 4 is 11.9 Å². The van der Waals surface area contributed by atoms with Crippen LogP contribution in [0.25, 0.3) is 0 Å². The lowest BCUT2D eigenvalue weighted by atomic mass is 10.1. The zero-order chi connectivity index (χ0) is 15.6. The van der Waals surface area contributed by atoms with E-state index in [1.54, 1.807) is 0 Å². The Hall–Kier alpha value is -1.26. The highest BCUT2D eigenvalue weighted by Crippen LogP contribution is 2.29. The molecule has 0 aromatic heterocycles. The van der Waals surface area contributed by atoms with Gasteiger partial charge >= 0.3 is 5.97 Å². The molecule has 5 nitrogen and oxygen atoms in total. The molecule has 3 unspecified atom stereocenters. The van der Waals surface area contributed by atoms with Gasteiger partial charge in [0.15, 0.2) is 5.96 Å². The van der Waals surface area contributed by atoms with Crippen LogP contribution in [0.15, 0.2) is 4.99 Å². The largest absolute Gasteiger partial charge is 0.460 e. The number of carbonyl (C=O) groups is 1. The van der Waals surface area contributed by atoms with Gasteiger partial charge in [0.2, 0.25) is 0 Å². The normalized spacial score (nSPS) is 29.5. The van der Waals surface area contributed by atoms with Crippen LogP contribution in [0.1, 0.15) is 47.5 Å². The number of nitrogens with one attached hydrogen (secondary N) is 1. The second-order valence-corrected chi connectivity index (χ2v) is 7.23. The van der Waals surface area contributed by atoms with Gasteiger partial charge in [-0.15, -0.1) is 0 Å². The van der Waals surface area contributed by atoms with E-state index in [-0.39, 0.29) is 11.9 Å². The summed E-state index contributed by atoms with van der Waals surface area (Å²) < 4.78 is 5.49. The highest BCUT2D eigenvalue weighted by Gasteiger charge is 2.37. The SMILES string of the molecule is CCN=C(NC1CC1C)N1CCC(C(=O)OC(C)(C)C)C1. The molecule has 1 aliphatic carbocycles. The number of hydrogen-bond acceptors (Lipinski definition) is 3. The molecule has 0 bridgehead atoms. The van der Waals surface area contributed by atoms with Crippen LogP contribution in [0.5, 0.6) is 0 Å². The van der Waals surface area contributed by atoms with Gasteiger partial charge in [0, 0.05) is 25.7 Å². The summed E-state index contributed by atoms with van der Waals surface area (Å²) in [5.41, 5.74) is -0.410. The van der Waals surface area contributed by atoms with E-state index in [0.29, 0.717) is 12.6 Å². The molecular formula is C16H29N3O2. The molecule has 1 saturated carbocycles. The monoisotopic (exact) mass is 295 g/mol. The molecule has 0 amide bonds. The Morgan fingerprint density at radius 2 is 2.10 bits per heavy atom. The van der Waals surface area contributed by atoms with E-state index in [0.717, 1.165) is 31.4 Å². The highest BCUT2D eigenvalue weighted by molar-refractivity contribution is 5.82. The number of aliphatic imine (C=N–C) groups is 1. The number of hydrogen-bond donors (Lipinski definition) is 1. The summed E-state index contributed by atoms with van der Waals surface area (Å²) in [5, 5.41) is 3.52. The zero-order valence-electron chi connectivity index (χ0n) is 14.0. The molecule has 120 valence electrons. The molecule has 0 aromatic carbocycles. The van der Waals surface area contributed by atoms with Crippen LogP contribution in [0.4, 0.5) is 0 Å². The first-order valence-electron chi connectivity index (χ1n) is 8.09. The van der Waals surface area contributed by atoms with Gasteiger partial charge in [-0.25, -0.2) is 0 Å². The molecule has 3 atom stereocenters. The summed E-state index contributed by atoms with van der Waals surface area (Å²) in [6.07, 6.45) is 2.06. The number of ether oxygens (including phenoxy) is 1. The number of nitrogens with zero attached hydrogens (tertiary/aromatic N) is 2. The second kappa shape index (κ2) is 6.24. The number of likely N-dealkylation sites (tertiary alicyclic amines) is 1. The molecular weight excluding hydrogens is 266 g/mol. The molecule has 0 spiro atoms. The van der Waals surface area contributed by atoms with Crippen molar-refractivity contribution in [2.24, 2.45) is 16.8 Å². The molecule has 1 aliphatic heterocycles. The van der Waals surface area contributed by atoms with E-state index in [1.165, 1.54) is 6.42 Å². The van der Waals surface area contributed by atoms with Gasteiger partial charge < -0.3 is 15.0 Å². The third-order valence-electron chi connectivity index (χ3n) is 3.96. The van der Waals surface area contributed by atoms with Crippen molar-refractivity contribution in [2.45, 2.75) is 59.1 Å². The van der Waals surface area contributed by atoms with Gasteiger partial charge in [-0.1, -0.05) is 6.92 Å². The predicted molar refractivity (Wildman–Crippen MR) is 84.2 cm³/mol. The molecule has 2 rings (SSSR count). The Balaban J connectivity index is 1.90. The van der Waals surface area contributed by atoms with E-state index >= 15 is 0 Å². The van der Waals surface area contributed by atoms with Crippen molar-refractivity contribution < 1.29 is 9.53 Å². The minimum Gasteiger partial charge on any atom is -0.460 e. The van der Waals surface area contributed by atoms with Crippen LogP contribution in [0, 0.1) is 11.8 Å². The fraction of sp³-hybridized carbons (Fsp3) is 0.875. The smallest absolute Gasteiger partial charge is 0.311 e. The summed E-state index contributed by atoms with van der Waals surface area (Å²) in [5.74, 6) is 1.57. The molecule has 1 saturated heterocycles. The molecule has 2 fully saturated rings. The van der Waals surface area contributed by atoms with E-state index < -0.39 is 5.60 Å². The molecule has 1 N–H and O–H groups in total. The lowest BCUT2D eigenvalue weighted by Crippen LogP contribution is -2.42. The van der Waals surface area contributed by atoms with Crippen molar-refractivity contribution in [1.82, 2.24) is 10.2 Å². The van der Waals surface area contributed by atoms with Gasteiger partial charge in [0.05, 0.1) is 5.92 Å². The fourth-order valence-electron chi connectivity index (χ4n) is 2.61. The molecule has 0 radical (unpaired) electrons. The van der Waals surface area contributed by atoms with Gasteiger partial charge in [0.25, 0.3) is 0 Å². The lowest BCUT2D eigenvalue weighted by molar-refractivity contribution is -0.159. The quantitative estimate of drug-likeness (QED) is 0.492. The minimum absolute atomic E-state index is 0.0373. The van der Waals surface area contributed by atoms with E-state index in [9.17, 15) is 4.79 Å². The van der Waals surface area contributed by atoms with E-state index in [2.05, 4.69) is 22.1 Å². The first-order chi connectivity index (χ1) is 9.80. The van der Waals surface area contributed by atoms with Crippen molar-refractivity contribution in [2.75, 3.05) is 19.6 Å². The summed E-state index contributed by atoms with van der Waals surface area (Å²) in [6.45, 7) is 12.4. The summed E-state index contributed by atoms with van der Waals surface area (Å²) in [4.78, 5) is 18.9. The van der Waals surface area contributed by atoms with Crippen LogP contribution >= 0.6 is 0 Å². The van der Waals surface area contributed by atoms with Crippen LogP contribution in [-0.2, 0) is 9.53 Å². The Morgan fingerprint density at radius 3 is 2.62 bits per heavy atom. The maximum atomic E-state index is 12.2. The van der Waals surface area contributed by atoms with Crippen molar-refractivity contribution in [3.8, 4) is 0 Å². The second-order valence-electron chi connectivity index (χ2n) is 7.23. The molecule has 21 heavy (non-hydrogen) atoms. The van der Waals surface area contributed by atoms with Gasteiger partial charge in [-0.05, 0) is 46.5 Å². The van der Waals surface area contributed by atoms with Gasteiger partial charge in [0.1, 0.15) is 5.60 Å². The third kappa shape index (κ3) is 4.61. The Labute approximate surface area is 128 Å². The summed E-state index contributed by atoms with van der Waals surface area (Å²) >= 11 is 0. The minimum atomic E-state index is -0.410. The van der Waals surface area contributed by atoms with Crippen molar-refractivity contribution in [3.05, 3.63) is 0 Å². The predicted octanol–water partition coefficient (Wildman–Crippen LogP) is 2.02. The van der Waals surface area contributed by atoms with Crippen LogP contribution in [-0.4, -0.2) is 48.1 Å². The Kier molecular flexibility index (Phi) is 4.79. The van der Waals surface area contributed by atoms with Gasteiger partial charge in [-0.2, -0.15) is 0 Å².